The quantitative estimate of drug-likeness (QED) is 0.0200. The summed E-state index contributed by atoms with van der Waals surface area (Å²) in [6.45, 7) is 3.98. The Balaban J connectivity index is 2.43. The molecule has 0 spiro atoms. The number of rotatable bonds is 39. The Bertz CT molecular complexity index is 1040. The molecule has 0 aromatic rings. The van der Waals surface area contributed by atoms with Crippen molar-refractivity contribution >= 4 is 16.4 Å². The summed E-state index contributed by atoms with van der Waals surface area (Å²) >= 11 is 0. The topological polar surface area (TPSA) is 178 Å². The van der Waals surface area contributed by atoms with Gasteiger partial charge in [-0.05, 0) is 38.5 Å². The molecular formula is C43H82O12S. The van der Waals surface area contributed by atoms with Crippen LogP contribution in [-0.2, 0) is 38.3 Å². The number of aliphatic hydroxyl groups excluding tert-OH is 3. The van der Waals surface area contributed by atoms with Crippen LogP contribution in [0.2, 0.25) is 0 Å². The molecule has 332 valence electrons. The van der Waals surface area contributed by atoms with Gasteiger partial charge in [-0.2, -0.15) is 8.42 Å². The standard InChI is InChI=1S/C43H82O12S/c1-3-5-7-9-11-13-15-17-19-20-22-24-26-28-30-32-39(45)53-37(35-51-33-31-29-27-25-23-21-18-16-14-12-10-8-6-4-2)36-52-43-41(47)42(55-56(48,49)50)40(46)38(34-44)54-43/h14,16,37-38,40-44,46-47H,3-13,15,17-36H2,1-2H3,(H,48,49,50)/b16-14-. The van der Waals surface area contributed by atoms with Crippen LogP contribution in [0.15, 0.2) is 12.2 Å². The predicted octanol–water partition coefficient (Wildman–Crippen LogP) is 9.08. The summed E-state index contributed by atoms with van der Waals surface area (Å²) in [6, 6.07) is 0. The van der Waals surface area contributed by atoms with Crippen LogP contribution in [0.25, 0.3) is 0 Å². The average molecular weight is 823 g/mol. The van der Waals surface area contributed by atoms with Gasteiger partial charge in [0.25, 0.3) is 0 Å². The van der Waals surface area contributed by atoms with Gasteiger partial charge < -0.3 is 34.3 Å². The first-order valence-electron chi connectivity index (χ1n) is 22.4. The number of carbonyl (C=O) groups excluding carboxylic acids is 1. The summed E-state index contributed by atoms with van der Waals surface area (Å²) < 4.78 is 59.0. The van der Waals surface area contributed by atoms with Crippen LogP contribution >= 0.6 is 0 Å². The number of aliphatic hydroxyl groups is 3. The summed E-state index contributed by atoms with van der Waals surface area (Å²) in [7, 11) is -5.06. The highest BCUT2D eigenvalue weighted by Gasteiger charge is 2.48. The van der Waals surface area contributed by atoms with Gasteiger partial charge in [-0.25, -0.2) is 4.18 Å². The summed E-state index contributed by atoms with van der Waals surface area (Å²) in [4.78, 5) is 12.8. The molecule has 56 heavy (non-hydrogen) atoms. The van der Waals surface area contributed by atoms with Gasteiger partial charge in [-0.1, -0.05) is 161 Å². The highest BCUT2D eigenvalue weighted by atomic mass is 32.3. The van der Waals surface area contributed by atoms with Gasteiger partial charge in [0.05, 0.1) is 19.8 Å². The number of hydrogen-bond donors (Lipinski definition) is 4. The number of allylic oxidation sites excluding steroid dienone is 2. The molecule has 4 N–H and O–H groups in total. The molecule has 6 atom stereocenters. The van der Waals surface area contributed by atoms with Crippen molar-refractivity contribution in [3.05, 3.63) is 12.2 Å². The van der Waals surface area contributed by atoms with Gasteiger partial charge in [-0.3, -0.25) is 9.35 Å². The highest BCUT2D eigenvalue weighted by Crippen LogP contribution is 2.26. The first kappa shape index (κ1) is 52.9. The third-order valence-electron chi connectivity index (χ3n) is 10.4. The minimum absolute atomic E-state index is 0.0369. The van der Waals surface area contributed by atoms with Crippen molar-refractivity contribution in [3.8, 4) is 0 Å². The van der Waals surface area contributed by atoms with E-state index in [1.807, 2.05) is 0 Å². The van der Waals surface area contributed by atoms with Gasteiger partial charge in [0, 0.05) is 13.0 Å². The van der Waals surface area contributed by atoms with Gasteiger partial charge in [0.15, 0.2) is 6.29 Å². The third-order valence-corrected chi connectivity index (χ3v) is 10.9. The lowest BCUT2D eigenvalue weighted by Crippen LogP contribution is -2.60. The second kappa shape index (κ2) is 35.8. The van der Waals surface area contributed by atoms with E-state index in [0.717, 1.165) is 44.9 Å². The zero-order valence-electron chi connectivity index (χ0n) is 35.2. The van der Waals surface area contributed by atoms with Crippen molar-refractivity contribution in [3.63, 3.8) is 0 Å². The monoisotopic (exact) mass is 823 g/mol. The molecule has 0 radical (unpaired) electrons. The second-order valence-corrected chi connectivity index (χ2v) is 16.7. The van der Waals surface area contributed by atoms with E-state index in [4.69, 9.17) is 23.5 Å². The second-order valence-electron chi connectivity index (χ2n) is 15.6. The summed E-state index contributed by atoms with van der Waals surface area (Å²) in [5, 5.41) is 30.6. The number of hydrogen-bond acceptors (Lipinski definition) is 11. The molecule has 1 fully saturated rings. The first-order chi connectivity index (χ1) is 27.1. The van der Waals surface area contributed by atoms with E-state index in [1.165, 1.54) is 122 Å². The van der Waals surface area contributed by atoms with E-state index in [1.54, 1.807) is 0 Å². The van der Waals surface area contributed by atoms with Crippen LogP contribution in [0.1, 0.15) is 194 Å². The molecule has 0 bridgehead atoms. The van der Waals surface area contributed by atoms with Crippen molar-refractivity contribution in [2.75, 3.05) is 26.4 Å². The molecule has 0 aromatic heterocycles. The normalized spacial score (nSPS) is 20.9. The fourth-order valence-corrected chi connectivity index (χ4v) is 7.47. The Morgan fingerprint density at radius 3 is 1.62 bits per heavy atom. The molecule has 1 aliphatic heterocycles. The molecule has 12 nitrogen and oxygen atoms in total. The molecule has 1 rings (SSSR count). The fourth-order valence-electron chi connectivity index (χ4n) is 6.96. The van der Waals surface area contributed by atoms with Crippen LogP contribution < -0.4 is 0 Å². The van der Waals surface area contributed by atoms with Crippen molar-refractivity contribution in [2.24, 2.45) is 0 Å². The summed E-state index contributed by atoms with van der Waals surface area (Å²) in [5.41, 5.74) is 0. The van der Waals surface area contributed by atoms with Gasteiger partial charge in [-0.15, -0.1) is 0 Å². The van der Waals surface area contributed by atoms with E-state index in [2.05, 4.69) is 30.2 Å². The molecule has 1 heterocycles. The van der Waals surface area contributed by atoms with Gasteiger partial charge in [0.1, 0.15) is 30.5 Å². The minimum Gasteiger partial charge on any atom is -0.457 e. The first-order valence-corrected chi connectivity index (χ1v) is 23.8. The highest BCUT2D eigenvalue weighted by molar-refractivity contribution is 7.80. The van der Waals surface area contributed by atoms with E-state index in [9.17, 15) is 28.5 Å². The van der Waals surface area contributed by atoms with Crippen molar-refractivity contribution in [1.82, 2.24) is 0 Å². The largest absolute Gasteiger partial charge is 0.457 e. The fraction of sp³-hybridized carbons (Fsp3) is 0.930. The lowest BCUT2D eigenvalue weighted by Gasteiger charge is -2.41. The Morgan fingerprint density at radius 2 is 1.12 bits per heavy atom. The zero-order chi connectivity index (χ0) is 41.1. The maximum absolute atomic E-state index is 12.8. The van der Waals surface area contributed by atoms with E-state index in [-0.39, 0.29) is 19.6 Å². The van der Waals surface area contributed by atoms with Crippen molar-refractivity contribution < 1.29 is 56.2 Å². The Labute approximate surface area is 340 Å². The van der Waals surface area contributed by atoms with Crippen LogP contribution in [0, 0.1) is 0 Å². The molecule has 1 aliphatic rings. The summed E-state index contributed by atoms with van der Waals surface area (Å²) in [6.07, 6.45) is 28.1. The Hall–Kier alpha value is -1.16. The van der Waals surface area contributed by atoms with Crippen LogP contribution in [0.4, 0.5) is 0 Å². The van der Waals surface area contributed by atoms with Gasteiger partial charge in [0.2, 0.25) is 0 Å². The summed E-state index contributed by atoms with van der Waals surface area (Å²) in [5.74, 6) is -0.399. The number of ether oxygens (including phenoxy) is 4. The molecule has 0 aromatic carbocycles. The van der Waals surface area contributed by atoms with Crippen LogP contribution in [0.5, 0.6) is 0 Å². The molecular weight excluding hydrogens is 741 g/mol. The molecule has 6 unspecified atom stereocenters. The third kappa shape index (κ3) is 29.1. The van der Waals surface area contributed by atoms with Crippen molar-refractivity contribution in [2.45, 2.75) is 230 Å². The smallest absolute Gasteiger partial charge is 0.397 e. The Kier molecular flexibility index (Phi) is 33.7. The lowest BCUT2D eigenvalue weighted by atomic mass is 9.99. The molecule has 13 heteroatoms. The van der Waals surface area contributed by atoms with E-state index >= 15 is 0 Å². The SMILES string of the molecule is CCCCCC/C=C\CCCCCCCCOCC(COC1OC(CO)C(O)C(OS(=O)(=O)O)C1O)OC(=O)CCCCCCCCCCCCCCCCC. The average Bonchev–Trinajstić information content (AvgIpc) is 3.17. The van der Waals surface area contributed by atoms with Crippen LogP contribution in [-0.4, -0.2) is 97.5 Å². The molecule has 0 saturated carbocycles. The van der Waals surface area contributed by atoms with Crippen LogP contribution in [0.3, 0.4) is 0 Å². The lowest BCUT2D eigenvalue weighted by molar-refractivity contribution is -0.301. The van der Waals surface area contributed by atoms with E-state index < -0.39 is 59.8 Å². The maximum Gasteiger partial charge on any atom is 0.397 e. The molecule has 0 aliphatic carbocycles. The van der Waals surface area contributed by atoms with Gasteiger partial charge >= 0.3 is 16.4 Å². The minimum atomic E-state index is -5.06. The molecule has 1 saturated heterocycles. The van der Waals surface area contributed by atoms with Crippen molar-refractivity contribution in [1.29, 1.82) is 0 Å². The maximum atomic E-state index is 12.8. The number of carbonyl (C=O) groups is 1. The zero-order valence-corrected chi connectivity index (χ0v) is 36.0. The number of esters is 1. The molecule has 0 amide bonds. The number of unbranched alkanes of at least 4 members (excludes halogenated alkanes) is 24. The van der Waals surface area contributed by atoms with E-state index in [0.29, 0.717) is 13.0 Å². The Morgan fingerprint density at radius 1 is 0.661 bits per heavy atom. The predicted molar refractivity (Wildman–Crippen MR) is 221 cm³/mol.